The van der Waals surface area contributed by atoms with Gasteiger partial charge >= 0.3 is 0 Å². The number of aryl methyl sites for hydroxylation is 2. The molecule has 0 spiro atoms. The van der Waals surface area contributed by atoms with E-state index in [1.165, 1.54) is 6.07 Å². The van der Waals surface area contributed by atoms with E-state index in [0.717, 1.165) is 16.9 Å². The molecule has 106 valence electrons. The van der Waals surface area contributed by atoms with Crippen LogP contribution >= 0.6 is 0 Å². The zero-order chi connectivity index (χ0) is 14.9. The molecule has 0 saturated heterocycles. The lowest BCUT2D eigenvalue weighted by Crippen LogP contribution is -2.13. The Morgan fingerprint density at radius 1 is 1.00 bits per heavy atom. The van der Waals surface area contributed by atoms with Crippen LogP contribution in [0.15, 0.2) is 41.3 Å². The maximum atomic E-state index is 11.4. The molecule has 5 heteroatoms. The van der Waals surface area contributed by atoms with E-state index in [0.29, 0.717) is 11.3 Å². The first-order valence-electron chi connectivity index (χ1n) is 6.16. The van der Waals surface area contributed by atoms with Gasteiger partial charge in [0, 0.05) is 0 Å². The average molecular weight is 291 g/mol. The number of hydrogen-bond acceptors (Lipinski definition) is 3. The van der Waals surface area contributed by atoms with Gasteiger partial charge in [-0.1, -0.05) is 12.1 Å². The molecule has 0 bridgehead atoms. The largest absolute Gasteiger partial charge is 0.457 e. The van der Waals surface area contributed by atoms with Crippen molar-refractivity contribution in [3.05, 3.63) is 53.1 Å². The fourth-order valence-corrected chi connectivity index (χ4v) is 2.73. The Morgan fingerprint density at radius 2 is 1.70 bits per heavy atom. The molecule has 0 saturated carbocycles. The molecule has 2 rings (SSSR count). The fourth-order valence-electron chi connectivity index (χ4n) is 1.97. The van der Waals surface area contributed by atoms with E-state index >= 15 is 0 Å². The van der Waals surface area contributed by atoms with Gasteiger partial charge in [0.05, 0.1) is 4.90 Å². The highest BCUT2D eigenvalue weighted by Gasteiger charge is 2.12. The molecule has 0 atom stereocenters. The van der Waals surface area contributed by atoms with E-state index in [1.807, 2.05) is 32.0 Å². The van der Waals surface area contributed by atoms with Crippen LogP contribution < -0.4 is 9.88 Å². The molecule has 0 aliphatic rings. The Balaban J connectivity index is 2.36. The number of hydrogen-bond donors (Lipinski definition) is 1. The molecule has 4 nitrogen and oxygen atoms in total. The molecule has 0 aliphatic carbocycles. The van der Waals surface area contributed by atoms with Gasteiger partial charge in [0.15, 0.2) is 0 Å². The lowest BCUT2D eigenvalue weighted by molar-refractivity contribution is 0.477. The summed E-state index contributed by atoms with van der Waals surface area (Å²) >= 11 is 0. The molecule has 2 aromatic carbocycles. The van der Waals surface area contributed by atoms with Gasteiger partial charge in [0.2, 0.25) is 10.0 Å². The van der Waals surface area contributed by atoms with Crippen molar-refractivity contribution >= 4 is 10.0 Å². The van der Waals surface area contributed by atoms with Crippen LogP contribution in [0.5, 0.6) is 11.5 Å². The second kappa shape index (κ2) is 5.26. The minimum absolute atomic E-state index is 0.116. The van der Waals surface area contributed by atoms with Gasteiger partial charge in [-0.25, -0.2) is 13.6 Å². The molecule has 0 aromatic heterocycles. The van der Waals surface area contributed by atoms with E-state index in [2.05, 4.69) is 0 Å². The molecule has 0 fully saturated rings. The fraction of sp³-hybridized carbons (Fsp3) is 0.200. The Kier molecular flexibility index (Phi) is 3.83. The topological polar surface area (TPSA) is 69.4 Å². The molecule has 2 aromatic rings. The zero-order valence-electron chi connectivity index (χ0n) is 11.7. The van der Waals surface area contributed by atoms with Crippen LogP contribution in [0.2, 0.25) is 0 Å². The smallest absolute Gasteiger partial charge is 0.238 e. The van der Waals surface area contributed by atoms with Crippen LogP contribution in [0.1, 0.15) is 16.7 Å². The van der Waals surface area contributed by atoms with E-state index < -0.39 is 10.0 Å². The highest BCUT2D eigenvalue weighted by Crippen LogP contribution is 2.28. The average Bonchev–Trinajstić information content (AvgIpc) is 2.33. The van der Waals surface area contributed by atoms with Crippen LogP contribution in [0.3, 0.4) is 0 Å². The van der Waals surface area contributed by atoms with Gasteiger partial charge < -0.3 is 4.74 Å². The van der Waals surface area contributed by atoms with Crippen LogP contribution in [0.25, 0.3) is 0 Å². The lowest BCUT2D eigenvalue weighted by atomic mass is 10.1. The van der Waals surface area contributed by atoms with Crippen LogP contribution in [-0.4, -0.2) is 8.42 Å². The molecule has 0 radical (unpaired) electrons. The second-order valence-electron chi connectivity index (χ2n) is 4.77. The highest BCUT2D eigenvalue weighted by molar-refractivity contribution is 7.89. The van der Waals surface area contributed by atoms with Gasteiger partial charge in [-0.05, 0) is 61.7 Å². The summed E-state index contributed by atoms with van der Waals surface area (Å²) in [7, 11) is -3.69. The minimum Gasteiger partial charge on any atom is -0.457 e. The van der Waals surface area contributed by atoms with Crippen molar-refractivity contribution in [2.24, 2.45) is 5.14 Å². The SMILES string of the molecule is Cc1cc(Oc2cccc(C)c2C)ccc1S(N)(=O)=O. The van der Waals surface area contributed by atoms with Gasteiger partial charge in [-0.3, -0.25) is 0 Å². The number of sulfonamides is 1. The summed E-state index contributed by atoms with van der Waals surface area (Å²) in [5.74, 6) is 1.34. The number of benzene rings is 2. The first-order valence-corrected chi connectivity index (χ1v) is 7.71. The number of nitrogens with two attached hydrogens (primary N) is 1. The zero-order valence-corrected chi connectivity index (χ0v) is 12.5. The Bertz CT molecular complexity index is 752. The lowest BCUT2D eigenvalue weighted by Gasteiger charge is -2.12. The highest BCUT2D eigenvalue weighted by atomic mass is 32.2. The summed E-state index contributed by atoms with van der Waals surface area (Å²) in [4.78, 5) is 0.116. The molecular weight excluding hydrogens is 274 g/mol. The van der Waals surface area contributed by atoms with E-state index in [-0.39, 0.29) is 4.90 Å². The first kappa shape index (κ1) is 14.6. The summed E-state index contributed by atoms with van der Waals surface area (Å²) in [6.45, 7) is 5.68. The van der Waals surface area contributed by atoms with Crippen molar-refractivity contribution in [3.8, 4) is 11.5 Å². The first-order chi connectivity index (χ1) is 9.29. The van der Waals surface area contributed by atoms with Crippen molar-refractivity contribution in [3.63, 3.8) is 0 Å². The predicted molar refractivity (Wildman–Crippen MR) is 78.5 cm³/mol. The van der Waals surface area contributed by atoms with Gasteiger partial charge in [-0.15, -0.1) is 0 Å². The summed E-state index contributed by atoms with van der Waals surface area (Å²) < 4.78 is 28.5. The third kappa shape index (κ3) is 3.00. The third-order valence-electron chi connectivity index (χ3n) is 3.24. The van der Waals surface area contributed by atoms with Crippen molar-refractivity contribution in [2.45, 2.75) is 25.7 Å². The van der Waals surface area contributed by atoms with Crippen molar-refractivity contribution in [1.82, 2.24) is 0 Å². The Morgan fingerprint density at radius 3 is 2.30 bits per heavy atom. The van der Waals surface area contributed by atoms with Crippen molar-refractivity contribution in [1.29, 1.82) is 0 Å². The van der Waals surface area contributed by atoms with E-state index in [1.54, 1.807) is 19.1 Å². The van der Waals surface area contributed by atoms with Crippen LogP contribution in [0.4, 0.5) is 0 Å². The van der Waals surface area contributed by atoms with Gasteiger partial charge in [0.25, 0.3) is 0 Å². The Labute approximate surface area is 119 Å². The minimum atomic E-state index is -3.69. The summed E-state index contributed by atoms with van der Waals surface area (Å²) in [5, 5.41) is 5.14. The summed E-state index contributed by atoms with van der Waals surface area (Å²) in [6, 6.07) is 10.5. The number of rotatable bonds is 3. The monoisotopic (exact) mass is 291 g/mol. The van der Waals surface area contributed by atoms with Gasteiger partial charge in [-0.2, -0.15) is 0 Å². The van der Waals surface area contributed by atoms with Crippen LogP contribution in [0, 0.1) is 20.8 Å². The summed E-state index contributed by atoms with van der Waals surface area (Å²) in [5.41, 5.74) is 2.76. The molecule has 0 aliphatic heterocycles. The van der Waals surface area contributed by atoms with Crippen LogP contribution in [-0.2, 0) is 10.0 Å². The van der Waals surface area contributed by atoms with E-state index in [9.17, 15) is 8.42 Å². The number of primary sulfonamides is 1. The predicted octanol–water partition coefficient (Wildman–Crippen LogP) is 3.05. The molecule has 2 N–H and O–H groups in total. The molecule has 0 amide bonds. The quantitative estimate of drug-likeness (QED) is 0.945. The third-order valence-corrected chi connectivity index (χ3v) is 4.31. The Hall–Kier alpha value is -1.85. The summed E-state index contributed by atoms with van der Waals surface area (Å²) in [6.07, 6.45) is 0. The maximum absolute atomic E-state index is 11.4. The second-order valence-corrected chi connectivity index (χ2v) is 6.30. The molecule has 0 unspecified atom stereocenters. The maximum Gasteiger partial charge on any atom is 0.238 e. The standard InChI is InChI=1S/C15H17NO3S/c1-10-5-4-6-14(12(10)3)19-13-7-8-15(11(2)9-13)20(16,17)18/h4-9H,1-3H3,(H2,16,17,18). The molecule has 20 heavy (non-hydrogen) atoms. The number of ether oxygens (including phenoxy) is 1. The van der Waals surface area contributed by atoms with Gasteiger partial charge in [0.1, 0.15) is 11.5 Å². The normalized spacial score (nSPS) is 11.4. The molecule has 0 heterocycles. The van der Waals surface area contributed by atoms with Crippen molar-refractivity contribution < 1.29 is 13.2 Å². The molecular formula is C15H17NO3S. The van der Waals surface area contributed by atoms with E-state index in [4.69, 9.17) is 9.88 Å². The van der Waals surface area contributed by atoms with Crippen molar-refractivity contribution in [2.75, 3.05) is 0 Å².